The zero-order chi connectivity index (χ0) is 45.6. The summed E-state index contributed by atoms with van der Waals surface area (Å²) < 4.78 is 61.1. The molecule has 0 atom stereocenters. The smallest absolute Gasteiger partial charge is 0.257 e. The van der Waals surface area contributed by atoms with E-state index in [-0.39, 0.29) is 22.9 Å². The van der Waals surface area contributed by atoms with E-state index in [0.29, 0.717) is 44.3 Å². The molecule has 2 amide bonds. The Balaban J connectivity index is 0.817. The minimum absolute atomic E-state index is 0.0888. The number of carbonyl (C=O) groups excluding carboxylic acids is 2. The monoisotopic (exact) mass is 940 g/mol. The number of ether oxygens (including phenoxy) is 1. The van der Waals surface area contributed by atoms with Gasteiger partial charge in [-0.3, -0.25) is 20.2 Å². The van der Waals surface area contributed by atoms with E-state index in [1.54, 1.807) is 0 Å². The highest BCUT2D eigenvalue weighted by molar-refractivity contribution is 7.89. The van der Waals surface area contributed by atoms with Gasteiger partial charge in [-0.25, -0.2) is 26.8 Å². The summed E-state index contributed by atoms with van der Waals surface area (Å²) in [6.45, 7) is 0.442. The maximum absolute atomic E-state index is 13.1. The number of hydrogen-bond acceptors (Lipinski definition) is 11. The van der Waals surface area contributed by atoms with Gasteiger partial charge in [0.15, 0.2) is 10.3 Å². The van der Waals surface area contributed by atoms with Crippen LogP contribution >= 0.6 is 22.7 Å². The van der Waals surface area contributed by atoms with Gasteiger partial charge in [0.2, 0.25) is 20.0 Å². The third-order valence-electron chi connectivity index (χ3n) is 10.1. The van der Waals surface area contributed by atoms with Gasteiger partial charge >= 0.3 is 0 Å². The van der Waals surface area contributed by atoms with Crippen LogP contribution in [-0.2, 0) is 33.1 Å². The van der Waals surface area contributed by atoms with Crippen molar-refractivity contribution in [3.8, 4) is 34.0 Å². The van der Waals surface area contributed by atoms with Crippen LogP contribution in [0.5, 0.6) is 11.5 Å². The zero-order valence-corrected chi connectivity index (χ0v) is 38.1. The van der Waals surface area contributed by atoms with E-state index >= 15 is 0 Å². The molecule has 0 fully saturated rings. The Kier molecular flexibility index (Phi) is 13.4. The summed E-state index contributed by atoms with van der Waals surface area (Å²) >= 11 is 2.54. The number of hydrogen-bond donors (Lipinski definition) is 2. The third-order valence-corrected chi connectivity index (χ3v) is 15.3. The van der Waals surface area contributed by atoms with Gasteiger partial charge in [-0.15, -0.1) is 22.7 Å². The van der Waals surface area contributed by atoms with Gasteiger partial charge in [-0.2, -0.15) is 8.61 Å². The predicted octanol–water partition coefficient (Wildman–Crippen LogP) is 9.87. The van der Waals surface area contributed by atoms with E-state index < -0.39 is 31.9 Å². The van der Waals surface area contributed by atoms with Crippen LogP contribution < -0.4 is 15.4 Å². The molecule has 0 aliphatic rings. The molecule has 0 radical (unpaired) electrons. The average molecular weight is 941 g/mol. The van der Waals surface area contributed by atoms with Crippen molar-refractivity contribution >= 4 is 64.8 Å². The molecule has 0 saturated carbocycles. The van der Waals surface area contributed by atoms with Crippen LogP contribution in [0.1, 0.15) is 31.8 Å². The van der Waals surface area contributed by atoms with Crippen molar-refractivity contribution in [3.63, 3.8) is 0 Å². The van der Waals surface area contributed by atoms with Crippen LogP contribution in [0.15, 0.2) is 178 Å². The molecule has 0 spiro atoms. The average Bonchev–Trinajstić information content (AvgIpc) is 4.00. The summed E-state index contributed by atoms with van der Waals surface area (Å²) in [5.41, 5.74) is 5.27. The molecule has 2 N–H and O–H groups in total. The van der Waals surface area contributed by atoms with Gasteiger partial charge in [-0.1, -0.05) is 60.7 Å². The highest BCUT2D eigenvalue weighted by Crippen LogP contribution is 2.31. The van der Waals surface area contributed by atoms with Gasteiger partial charge in [0.25, 0.3) is 11.8 Å². The van der Waals surface area contributed by atoms with Crippen molar-refractivity contribution in [2.24, 2.45) is 0 Å². The first-order valence-electron chi connectivity index (χ1n) is 19.9. The Hall–Kier alpha value is -6.86. The highest BCUT2D eigenvalue weighted by Gasteiger charge is 2.23. The van der Waals surface area contributed by atoms with E-state index in [4.69, 9.17) is 4.74 Å². The molecule has 0 aliphatic heterocycles. The Labute approximate surface area is 384 Å². The van der Waals surface area contributed by atoms with Gasteiger partial charge in [0, 0.05) is 60.2 Å². The molecule has 328 valence electrons. The lowest BCUT2D eigenvalue weighted by molar-refractivity contribution is 0.101. The van der Waals surface area contributed by atoms with Crippen molar-refractivity contribution in [3.05, 3.63) is 191 Å². The molecule has 13 nitrogen and oxygen atoms in total. The molecule has 0 saturated heterocycles. The fraction of sp³-hybridized carbons (Fsp3) is 0.0833. The first-order chi connectivity index (χ1) is 31.3. The topological polar surface area (TPSA) is 168 Å². The highest BCUT2D eigenvalue weighted by atomic mass is 32.2. The number of nitrogens with zero attached hydrogens (tertiary/aromatic N) is 4. The molecule has 2 heterocycles. The summed E-state index contributed by atoms with van der Waals surface area (Å²) in [5.74, 6) is 0.377. The zero-order valence-electron chi connectivity index (χ0n) is 34.9. The SMILES string of the molecule is CN(Cc1ccccc1)S(=O)(=O)c1ccc(C(=O)Nc2nc(-c3ccc(Oc4ccc(-c5csc(NC(=O)c6ccc(S(=O)(=O)N(C)Cc7ccccc7)cc6)n5)cc4)cc3)cs2)cc1. The number of anilines is 2. The van der Waals surface area contributed by atoms with Crippen molar-refractivity contribution in [2.45, 2.75) is 22.9 Å². The molecule has 8 aromatic rings. The van der Waals surface area contributed by atoms with Crippen LogP contribution in [0, 0.1) is 0 Å². The normalized spacial score (nSPS) is 11.7. The lowest BCUT2D eigenvalue weighted by Crippen LogP contribution is -2.26. The molecule has 2 aromatic heterocycles. The lowest BCUT2D eigenvalue weighted by Gasteiger charge is -2.17. The van der Waals surface area contributed by atoms with Crippen LogP contribution in [0.4, 0.5) is 10.3 Å². The molecule has 0 bridgehead atoms. The van der Waals surface area contributed by atoms with Crippen molar-refractivity contribution < 1.29 is 31.2 Å². The van der Waals surface area contributed by atoms with Crippen LogP contribution in [0.3, 0.4) is 0 Å². The molecular formula is C48H40N6O7S4. The Bertz CT molecular complexity index is 2930. The standard InChI is InChI=1S/C48H40N6O7S4/c1-53(29-33-9-5-3-6-10-33)64(57,58)41-25-17-37(18-26-41)45(55)51-47-49-43(31-62-47)35-13-21-39(22-14-35)61-40-23-15-36(16-24-40)44-32-63-48(50-44)52-46(56)38-19-27-42(28-20-38)65(59,60)54(2)30-34-11-7-4-8-12-34/h3-28,31-32H,29-30H2,1-2H3,(H,49,51,55)(H,50,52,56). The Morgan fingerprint density at radius 1 is 0.508 bits per heavy atom. The van der Waals surface area contributed by atoms with Crippen LogP contribution in [-0.4, -0.2) is 61.3 Å². The molecular weight excluding hydrogens is 901 g/mol. The number of sulfonamides is 2. The largest absolute Gasteiger partial charge is 0.457 e. The van der Waals surface area contributed by atoms with Gasteiger partial charge in [0.1, 0.15) is 11.5 Å². The second-order valence-electron chi connectivity index (χ2n) is 14.7. The molecule has 65 heavy (non-hydrogen) atoms. The number of nitrogens with one attached hydrogen (secondary N) is 2. The van der Waals surface area contributed by atoms with E-state index in [1.165, 1.54) is 93.9 Å². The van der Waals surface area contributed by atoms with E-state index in [0.717, 1.165) is 22.3 Å². The molecule has 0 aliphatic carbocycles. The summed E-state index contributed by atoms with van der Waals surface area (Å²) in [5, 5.41) is 10.0. The number of rotatable bonds is 16. The van der Waals surface area contributed by atoms with Crippen molar-refractivity contribution in [1.82, 2.24) is 18.6 Å². The molecule has 8 rings (SSSR count). The first-order valence-corrected chi connectivity index (χ1v) is 24.6. The maximum atomic E-state index is 13.1. The molecule has 0 unspecified atom stereocenters. The first kappa shape index (κ1) is 44.7. The predicted molar refractivity (Wildman–Crippen MR) is 254 cm³/mol. The summed E-state index contributed by atoms with van der Waals surface area (Å²) in [7, 11) is -4.48. The van der Waals surface area contributed by atoms with E-state index in [2.05, 4.69) is 20.6 Å². The van der Waals surface area contributed by atoms with E-state index in [9.17, 15) is 26.4 Å². The van der Waals surface area contributed by atoms with Gasteiger partial charge < -0.3 is 4.74 Å². The van der Waals surface area contributed by atoms with Gasteiger partial charge in [-0.05, 0) is 108 Å². The summed E-state index contributed by atoms with van der Waals surface area (Å²) in [6.07, 6.45) is 0. The number of thiazole rings is 2. The van der Waals surface area contributed by atoms with Crippen molar-refractivity contribution in [1.29, 1.82) is 0 Å². The third kappa shape index (κ3) is 10.7. The quantitative estimate of drug-likeness (QED) is 0.0958. The minimum Gasteiger partial charge on any atom is -0.457 e. The van der Waals surface area contributed by atoms with Crippen molar-refractivity contribution in [2.75, 3.05) is 24.7 Å². The fourth-order valence-electron chi connectivity index (χ4n) is 6.56. The fourth-order valence-corrected chi connectivity index (χ4v) is 10.3. The minimum atomic E-state index is -3.76. The van der Waals surface area contributed by atoms with E-state index in [1.807, 2.05) is 120 Å². The second kappa shape index (κ2) is 19.5. The van der Waals surface area contributed by atoms with Crippen LogP contribution in [0.25, 0.3) is 22.5 Å². The van der Waals surface area contributed by atoms with Crippen LogP contribution in [0.2, 0.25) is 0 Å². The maximum Gasteiger partial charge on any atom is 0.257 e. The lowest BCUT2D eigenvalue weighted by atomic mass is 10.1. The molecule has 17 heteroatoms. The Morgan fingerprint density at radius 3 is 1.22 bits per heavy atom. The number of amides is 2. The number of carbonyl (C=O) groups is 2. The molecule has 6 aromatic carbocycles. The summed E-state index contributed by atoms with van der Waals surface area (Å²) in [4.78, 5) is 35.4. The second-order valence-corrected chi connectivity index (χ2v) is 20.5. The Morgan fingerprint density at radius 2 is 0.862 bits per heavy atom. The number of aromatic nitrogens is 2. The summed E-state index contributed by atoms with van der Waals surface area (Å²) in [6, 6.07) is 45.0. The van der Waals surface area contributed by atoms with Gasteiger partial charge in [0.05, 0.1) is 21.2 Å². The number of benzene rings is 6.